The molecule has 7 aliphatic rings. The average Bonchev–Trinajstić information content (AvgIpc) is 3.64. The number of ether oxygens (including phenoxy) is 5. The Balaban J connectivity index is 0.914. The van der Waals surface area contributed by atoms with Gasteiger partial charge >= 0.3 is 5.97 Å². The van der Waals surface area contributed by atoms with E-state index in [1.165, 1.54) is 6.08 Å². The van der Waals surface area contributed by atoms with Crippen molar-refractivity contribution in [3.05, 3.63) is 35.3 Å². The predicted molar refractivity (Wildman–Crippen MR) is 213 cm³/mol. The van der Waals surface area contributed by atoms with Crippen LogP contribution in [0.15, 0.2) is 35.3 Å². The van der Waals surface area contributed by atoms with Gasteiger partial charge in [-0.3, -0.25) is 4.90 Å². The number of nitrogens with one attached hydrogen (secondary N) is 1. The number of carbonyl (C=O) groups is 1. The Bertz CT molecular complexity index is 1550. The van der Waals surface area contributed by atoms with Gasteiger partial charge in [0.25, 0.3) is 0 Å². The first kappa shape index (κ1) is 44.0. The van der Waals surface area contributed by atoms with Crippen LogP contribution in [0.3, 0.4) is 0 Å². The number of cyclic esters (lactones) is 1. The van der Waals surface area contributed by atoms with E-state index in [0.717, 1.165) is 57.1 Å². The summed E-state index contributed by atoms with van der Waals surface area (Å²) in [5, 5.41) is 71.4. The minimum Gasteiger partial charge on any atom is -0.510 e. The van der Waals surface area contributed by atoms with E-state index < -0.39 is 48.2 Å². The lowest BCUT2D eigenvalue weighted by Gasteiger charge is -2.65. The molecule has 0 aromatic rings. The van der Waals surface area contributed by atoms with Crippen molar-refractivity contribution in [2.24, 2.45) is 34.5 Å². The summed E-state index contributed by atoms with van der Waals surface area (Å²) in [5.74, 6) is -0.499. The number of fused-ring (bicyclic) bond motifs is 5. The van der Waals surface area contributed by atoms with Gasteiger partial charge in [0.15, 0.2) is 18.9 Å². The molecular weight excluding hydrogens is 748 g/mol. The van der Waals surface area contributed by atoms with Crippen molar-refractivity contribution >= 4 is 5.97 Å². The molecule has 4 saturated carbocycles. The molecule has 0 amide bonds. The maximum absolute atomic E-state index is 12.5. The smallest absolute Gasteiger partial charge is 0.331 e. The molecule has 15 atom stereocenters. The highest BCUT2D eigenvalue weighted by molar-refractivity contribution is 5.85. The topological polar surface area (TPSA) is 200 Å². The van der Waals surface area contributed by atoms with Crippen LogP contribution >= 0.6 is 0 Å². The number of hydrogen-bond acceptors (Lipinski definition) is 14. The minimum absolute atomic E-state index is 0.0332. The van der Waals surface area contributed by atoms with Crippen LogP contribution in [0.2, 0.25) is 0 Å². The van der Waals surface area contributed by atoms with Gasteiger partial charge in [-0.25, -0.2) is 4.79 Å². The van der Waals surface area contributed by atoms with E-state index in [1.807, 2.05) is 20.8 Å². The van der Waals surface area contributed by atoms with Gasteiger partial charge in [0.1, 0.15) is 30.3 Å². The fraction of sp³-hybridized carbons (Fsp3) is 0.841. The number of esters is 1. The van der Waals surface area contributed by atoms with Crippen LogP contribution in [0.5, 0.6) is 0 Å². The van der Waals surface area contributed by atoms with E-state index >= 15 is 0 Å². The van der Waals surface area contributed by atoms with Crippen LogP contribution in [-0.2, 0) is 28.5 Å². The van der Waals surface area contributed by atoms with Gasteiger partial charge in [-0.2, -0.15) is 0 Å². The van der Waals surface area contributed by atoms with Crippen molar-refractivity contribution in [2.75, 3.05) is 32.8 Å². The fourth-order valence-electron chi connectivity index (χ4n) is 12.4. The highest BCUT2D eigenvalue weighted by atomic mass is 16.7. The average molecular weight is 819 g/mol. The van der Waals surface area contributed by atoms with Gasteiger partial charge in [-0.1, -0.05) is 27.7 Å². The van der Waals surface area contributed by atoms with Crippen LogP contribution in [-0.4, -0.2) is 135 Å². The summed E-state index contributed by atoms with van der Waals surface area (Å²) < 4.78 is 29.3. The lowest BCUT2D eigenvalue weighted by atomic mass is 9.42. The van der Waals surface area contributed by atoms with Crippen molar-refractivity contribution < 1.29 is 59.1 Å². The molecule has 3 heterocycles. The van der Waals surface area contributed by atoms with Gasteiger partial charge in [0.05, 0.1) is 23.9 Å². The van der Waals surface area contributed by atoms with E-state index in [1.54, 1.807) is 13.0 Å². The number of aliphatic hydroxyl groups excluding tert-OH is 5. The highest BCUT2D eigenvalue weighted by Crippen LogP contribution is 2.70. The number of carbonyl (C=O) groups excluding carboxylic acids is 1. The number of rotatable bonds is 14. The molecule has 3 aliphatic heterocycles. The monoisotopic (exact) mass is 818 g/mol. The Morgan fingerprint density at radius 1 is 0.966 bits per heavy atom. The Hall–Kier alpha value is -2.11. The Morgan fingerprint density at radius 2 is 1.69 bits per heavy atom. The molecule has 0 bridgehead atoms. The van der Waals surface area contributed by atoms with E-state index in [-0.39, 0.29) is 71.8 Å². The quantitative estimate of drug-likeness (QED) is 0.0751. The maximum Gasteiger partial charge on any atom is 0.331 e. The standard InChI is InChI=1S/C44H70N2O12/c1-6-35(57-40(52)20-34(48)36(7-2)58-41-12-15-46(23-25(3)55-41)28-21-45-22-28)33(47)19-39(51)56-29-10-13-42(4)27(17-29)8-9-31-32(42)18-37(49)43(5)30(11-14-44(31,43)53)26-16-38(50)54-24-26/h16,19-20,25,27-32,35-37,39-41,45,47-49,51-53H,6-15,17-18,21-24H2,1-5H3/b33-19-,34-20-/t25?,27?,29-,30+,31?,32?,35+,36+,37-,39-,40-,41?,42-,43-,44?/m0/s1. The Labute approximate surface area is 343 Å². The van der Waals surface area contributed by atoms with Gasteiger partial charge in [0, 0.05) is 62.3 Å². The Kier molecular flexibility index (Phi) is 13.4. The zero-order chi connectivity index (χ0) is 41.6. The number of hydrogen-bond donors (Lipinski definition) is 7. The molecule has 4 aliphatic carbocycles. The molecule has 6 fully saturated rings. The largest absolute Gasteiger partial charge is 0.510 e. The van der Waals surface area contributed by atoms with Crippen molar-refractivity contribution in [3.8, 4) is 0 Å². The molecule has 7 N–H and O–H groups in total. The summed E-state index contributed by atoms with van der Waals surface area (Å²) in [7, 11) is 0. The predicted octanol–water partition coefficient (Wildman–Crippen LogP) is 4.12. The molecule has 58 heavy (non-hydrogen) atoms. The van der Waals surface area contributed by atoms with Gasteiger partial charge < -0.3 is 59.6 Å². The van der Waals surface area contributed by atoms with Crippen molar-refractivity contribution in [3.63, 3.8) is 0 Å². The molecule has 0 radical (unpaired) electrons. The van der Waals surface area contributed by atoms with Crippen molar-refractivity contribution in [2.45, 2.75) is 166 Å². The zero-order valence-electron chi connectivity index (χ0n) is 35.1. The van der Waals surface area contributed by atoms with Crippen LogP contribution in [0, 0.1) is 34.5 Å². The van der Waals surface area contributed by atoms with Crippen LogP contribution in [0.25, 0.3) is 0 Å². The molecule has 7 rings (SSSR count). The van der Waals surface area contributed by atoms with E-state index in [4.69, 9.17) is 23.7 Å². The lowest BCUT2D eigenvalue weighted by Crippen LogP contribution is -2.67. The lowest BCUT2D eigenvalue weighted by molar-refractivity contribution is -0.248. The molecule has 0 aromatic carbocycles. The van der Waals surface area contributed by atoms with Crippen molar-refractivity contribution in [1.29, 1.82) is 0 Å². The second-order valence-corrected chi connectivity index (χ2v) is 18.9. The number of nitrogens with zero attached hydrogens (tertiary/aromatic N) is 1. The van der Waals surface area contributed by atoms with Crippen LogP contribution in [0.4, 0.5) is 0 Å². The first-order valence-corrected chi connectivity index (χ1v) is 22.1. The van der Waals surface area contributed by atoms with Gasteiger partial charge in [-0.15, -0.1) is 0 Å². The molecule has 0 spiro atoms. The molecule has 2 saturated heterocycles. The molecule has 328 valence electrons. The summed E-state index contributed by atoms with van der Waals surface area (Å²) in [6.07, 6.45) is 4.96. The summed E-state index contributed by atoms with van der Waals surface area (Å²) in [4.78, 5) is 14.4. The zero-order valence-corrected chi connectivity index (χ0v) is 35.1. The third kappa shape index (κ3) is 8.41. The van der Waals surface area contributed by atoms with Crippen LogP contribution in [0.1, 0.15) is 105 Å². The highest BCUT2D eigenvalue weighted by Gasteiger charge is 2.70. The molecule has 6 unspecified atom stereocenters. The van der Waals surface area contributed by atoms with Crippen LogP contribution < -0.4 is 5.32 Å². The van der Waals surface area contributed by atoms with Crippen molar-refractivity contribution in [1.82, 2.24) is 10.2 Å². The SMILES string of the molecule is CC[C@@H](OC1CCN(C2CNC2)CC(C)O1)/C(O)=C/[C@@H](O)O[C@H](CC)/C(O)=C/[C@@H](O)O[C@H]1CC[C@@]2(C)C(CCC3C2C[C@H](O)[C@]2(C)[C@@H](C4=CC(=O)OC4)CCC32O)C1. The second-order valence-electron chi connectivity index (χ2n) is 18.9. The first-order chi connectivity index (χ1) is 27.6. The van der Waals surface area contributed by atoms with E-state index in [0.29, 0.717) is 51.0 Å². The normalized spacial score (nSPS) is 42.2. The van der Waals surface area contributed by atoms with Gasteiger partial charge in [-0.05, 0) is 106 Å². The molecule has 0 aromatic heterocycles. The molecular formula is C44H70N2O12. The van der Waals surface area contributed by atoms with Gasteiger partial charge in [0.2, 0.25) is 0 Å². The maximum atomic E-state index is 12.5. The summed E-state index contributed by atoms with van der Waals surface area (Å²) in [5.41, 5.74) is -1.04. The molecule has 14 nitrogen and oxygen atoms in total. The molecule has 14 heteroatoms. The van der Waals surface area contributed by atoms with E-state index in [2.05, 4.69) is 17.1 Å². The summed E-state index contributed by atoms with van der Waals surface area (Å²) in [6.45, 7) is 13.8. The third-order valence-electron chi connectivity index (χ3n) is 15.8. The van der Waals surface area contributed by atoms with E-state index in [9.17, 15) is 35.4 Å². The Morgan fingerprint density at radius 3 is 2.36 bits per heavy atom. The number of aliphatic hydroxyl groups is 6. The summed E-state index contributed by atoms with van der Waals surface area (Å²) in [6, 6.07) is 0.501. The second kappa shape index (κ2) is 17.7. The minimum atomic E-state index is -1.56. The third-order valence-corrected chi connectivity index (χ3v) is 15.8. The summed E-state index contributed by atoms with van der Waals surface area (Å²) >= 11 is 0. The first-order valence-electron chi connectivity index (χ1n) is 22.1. The fourth-order valence-corrected chi connectivity index (χ4v) is 12.4.